The summed E-state index contributed by atoms with van der Waals surface area (Å²) in [5.41, 5.74) is 2.10. The summed E-state index contributed by atoms with van der Waals surface area (Å²) in [5.74, 6) is 0.667. The number of nitrogens with zero attached hydrogens (tertiary/aromatic N) is 2. The SMILES string of the molecule is COc1cc(NC(C)c2cnn(C)c2)ccc1Cl. The van der Waals surface area contributed by atoms with Gasteiger partial charge in [0.2, 0.25) is 0 Å². The van der Waals surface area contributed by atoms with Crippen molar-refractivity contribution in [3.63, 3.8) is 0 Å². The van der Waals surface area contributed by atoms with E-state index in [1.807, 2.05) is 37.6 Å². The molecule has 0 saturated carbocycles. The number of hydrogen-bond acceptors (Lipinski definition) is 3. The van der Waals surface area contributed by atoms with E-state index in [2.05, 4.69) is 17.3 Å². The smallest absolute Gasteiger partial charge is 0.139 e. The molecule has 0 saturated heterocycles. The Kier molecular flexibility index (Phi) is 3.77. The number of benzene rings is 1. The molecule has 1 heterocycles. The summed E-state index contributed by atoms with van der Waals surface area (Å²) in [7, 11) is 3.51. The third-order valence-corrected chi connectivity index (χ3v) is 3.07. The van der Waals surface area contributed by atoms with Crippen molar-refractivity contribution >= 4 is 17.3 Å². The average Bonchev–Trinajstić information content (AvgIpc) is 2.78. The van der Waals surface area contributed by atoms with Gasteiger partial charge in [-0.2, -0.15) is 5.10 Å². The van der Waals surface area contributed by atoms with E-state index < -0.39 is 0 Å². The highest BCUT2D eigenvalue weighted by Crippen LogP contribution is 2.29. The molecular weight excluding hydrogens is 250 g/mol. The van der Waals surface area contributed by atoms with Crippen LogP contribution in [0.15, 0.2) is 30.6 Å². The molecular formula is C13H16ClN3O. The van der Waals surface area contributed by atoms with Gasteiger partial charge in [0.1, 0.15) is 5.75 Å². The van der Waals surface area contributed by atoms with Crippen LogP contribution in [-0.2, 0) is 7.05 Å². The zero-order valence-electron chi connectivity index (χ0n) is 10.6. The summed E-state index contributed by atoms with van der Waals surface area (Å²) < 4.78 is 6.98. The summed E-state index contributed by atoms with van der Waals surface area (Å²) in [4.78, 5) is 0. The van der Waals surface area contributed by atoms with Crippen LogP contribution < -0.4 is 10.1 Å². The Morgan fingerprint density at radius 3 is 2.83 bits per heavy atom. The third kappa shape index (κ3) is 2.76. The zero-order chi connectivity index (χ0) is 13.1. The fourth-order valence-corrected chi connectivity index (χ4v) is 1.94. The van der Waals surface area contributed by atoms with Crippen molar-refractivity contribution < 1.29 is 4.74 Å². The van der Waals surface area contributed by atoms with Gasteiger partial charge in [0.15, 0.2) is 0 Å². The highest BCUT2D eigenvalue weighted by atomic mass is 35.5. The van der Waals surface area contributed by atoms with Gasteiger partial charge in [0, 0.05) is 30.6 Å². The Bertz CT molecular complexity index is 539. The predicted molar refractivity (Wildman–Crippen MR) is 73.2 cm³/mol. The Hall–Kier alpha value is -1.68. The minimum atomic E-state index is 0.171. The molecule has 18 heavy (non-hydrogen) atoms. The maximum atomic E-state index is 5.99. The van der Waals surface area contributed by atoms with Gasteiger partial charge in [-0.15, -0.1) is 0 Å². The Labute approximate surface area is 112 Å². The summed E-state index contributed by atoms with van der Waals surface area (Å²) in [6.45, 7) is 2.08. The monoisotopic (exact) mass is 265 g/mol. The van der Waals surface area contributed by atoms with Crippen LogP contribution in [0.25, 0.3) is 0 Å². The molecule has 1 aromatic carbocycles. The van der Waals surface area contributed by atoms with Gasteiger partial charge in [-0.3, -0.25) is 4.68 Å². The molecule has 2 rings (SSSR count). The maximum Gasteiger partial charge on any atom is 0.139 e. The van der Waals surface area contributed by atoms with E-state index in [4.69, 9.17) is 16.3 Å². The lowest BCUT2D eigenvalue weighted by Gasteiger charge is -2.14. The molecule has 0 bridgehead atoms. The first-order valence-corrected chi connectivity index (χ1v) is 6.06. The molecule has 1 N–H and O–H groups in total. The quantitative estimate of drug-likeness (QED) is 0.922. The summed E-state index contributed by atoms with van der Waals surface area (Å²) >= 11 is 5.99. The number of ether oxygens (including phenoxy) is 1. The van der Waals surface area contributed by atoms with Gasteiger partial charge in [-0.1, -0.05) is 11.6 Å². The van der Waals surface area contributed by atoms with E-state index in [0.717, 1.165) is 11.3 Å². The van der Waals surface area contributed by atoms with Gasteiger partial charge in [-0.25, -0.2) is 0 Å². The van der Waals surface area contributed by atoms with Crippen LogP contribution in [-0.4, -0.2) is 16.9 Å². The number of aromatic nitrogens is 2. The summed E-state index contributed by atoms with van der Waals surface area (Å²) in [6, 6.07) is 5.80. The molecule has 0 aliphatic rings. The molecule has 5 heteroatoms. The topological polar surface area (TPSA) is 39.1 Å². The number of aryl methyl sites for hydroxylation is 1. The first-order chi connectivity index (χ1) is 8.60. The minimum absolute atomic E-state index is 0.171. The van der Waals surface area contributed by atoms with Crippen LogP contribution >= 0.6 is 11.6 Å². The third-order valence-electron chi connectivity index (χ3n) is 2.76. The van der Waals surface area contributed by atoms with Crippen LogP contribution in [0, 0.1) is 0 Å². The highest BCUT2D eigenvalue weighted by molar-refractivity contribution is 6.32. The van der Waals surface area contributed by atoms with E-state index in [1.165, 1.54) is 0 Å². The van der Waals surface area contributed by atoms with Crippen LogP contribution in [0.4, 0.5) is 5.69 Å². The standard InChI is InChI=1S/C13H16ClN3O/c1-9(10-7-15-17(2)8-10)16-11-4-5-12(14)13(6-11)18-3/h4-9,16H,1-3H3. The van der Waals surface area contributed by atoms with Crippen LogP contribution in [0.5, 0.6) is 5.75 Å². The van der Waals surface area contributed by atoms with E-state index in [0.29, 0.717) is 10.8 Å². The van der Waals surface area contributed by atoms with Gasteiger partial charge >= 0.3 is 0 Å². The number of halogens is 1. The Morgan fingerprint density at radius 1 is 1.44 bits per heavy atom. The number of hydrogen-bond donors (Lipinski definition) is 1. The molecule has 0 radical (unpaired) electrons. The van der Waals surface area contributed by atoms with Gasteiger partial charge < -0.3 is 10.1 Å². The molecule has 1 atom stereocenters. The van der Waals surface area contributed by atoms with Gasteiger partial charge in [0.05, 0.1) is 24.4 Å². The van der Waals surface area contributed by atoms with Gasteiger partial charge in [0.25, 0.3) is 0 Å². The molecule has 1 unspecified atom stereocenters. The fourth-order valence-electron chi connectivity index (χ4n) is 1.75. The maximum absolute atomic E-state index is 5.99. The van der Waals surface area contributed by atoms with E-state index >= 15 is 0 Å². The predicted octanol–water partition coefficient (Wildman–Crippen LogP) is 3.26. The van der Waals surface area contributed by atoms with E-state index in [1.54, 1.807) is 11.8 Å². The van der Waals surface area contributed by atoms with E-state index in [-0.39, 0.29) is 6.04 Å². The lowest BCUT2D eigenvalue weighted by atomic mass is 10.2. The molecule has 0 spiro atoms. The number of rotatable bonds is 4. The molecule has 0 aliphatic heterocycles. The second-order valence-electron chi connectivity index (χ2n) is 4.16. The van der Waals surface area contributed by atoms with Crippen molar-refractivity contribution in [2.75, 3.05) is 12.4 Å². The van der Waals surface area contributed by atoms with Crippen LogP contribution in [0.3, 0.4) is 0 Å². The van der Waals surface area contributed by atoms with Crippen molar-refractivity contribution in [1.82, 2.24) is 9.78 Å². The van der Waals surface area contributed by atoms with Crippen LogP contribution in [0.2, 0.25) is 5.02 Å². The molecule has 1 aromatic heterocycles. The second kappa shape index (κ2) is 5.31. The molecule has 2 aromatic rings. The molecule has 0 aliphatic carbocycles. The van der Waals surface area contributed by atoms with Crippen molar-refractivity contribution in [2.45, 2.75) is 13.0 Å². The summed E-state index contributed by atoms with van der Waals surface area (Å²) in [6.07, 6.45) is 3.84. The van der Waals surface area contributed by atoms with E-state index in [9.17, 15) is 0 Å². The normalized spacial score (nSPS) is 12.2. The first kappa shape index (κ1) is 12.8. The molecule has 0 amide bonds. The summed E-state index contributed by atoms with van der Waals surface area (Å²) in [5, 5.41) is 8.15. The fraction of sp³-hybridized carbons (Fsp3) is 0.308. The van der Waals surface area contributed by atoms with Crippen molar-refractivity contribution in [2.24, 2.45) is 7.05 Å². The van der Waals surface area contributed by atoms with Crippen molar-refractivity contribution in [3.8, 4) is 5.75 Å². The highest BCUT2D eigenvalue weighted by Gasteiger charge is 2.08. The first-order valence-electron chi connectivity index (χ1n) is 5.69. The second-order valence-corrected chi connectivity index (χ2v) is 4.57. The van der Waals surface area contributed by atoms with Gasteiger partial charge in [-0.05, 0) is 19.1 Å². The number of anilines is 1. The Balaban J connectivity index is 2.14. The molecule has 4 nitrogen and oxygen atoms in total. The minimum Gasteiger partial charge on any atom is -0.495 e. The Morgan fingerprint density at radius 2 is 2.22 bits per heavy atom. The lowest BCUT2D eigenvalue weighted by molar-refractivity contribution is 0.415. The lowest BCUT2D eigenvalue weighted by Crippen LogP contribution is -2.05. The molecule has 0 fully saturated rings. The zero-order valence-corrected chi connectivity index (χ0v) is 11.4. The molecule has 96 valence electrons. The average molecular weight is 266 g/mol. The van der Waals surface area contributed by atoms with Crippen LogP contribution in [0.1, 0.15) is 18.5 Å². The largest absolute Gasteiger partial charge is 0.495 e. The van der Waals surface area contributed by atoms with Crippen molar-refractivity contribution in [3.05, 3.63) is 41.2 Å². The number of methoxy groups -OCH3 is 1. The van der Waals surface area contributed by atoms with Crippen molar-refractivity contribution in [1.29, 1.82) is 0 Å². The number of nitrogens with one attached hydrogen (secondary N) is 1.